The molecule has 6 nitrogen and oxygen atoms in total. The average Bonchev–Trinajstić information content (AvgIpc) is 3.21. The minimum atomic E-state index is -0.609. The molecule has 1 unspecified atom stereocenters. The Kier molecular flexibility index (Phi) is 6.59. The van der Waals surface area contributed by atoms with Crippen molar-refractivity contribution in [1.29, 1.82) is 0 Å². The SMILES string of the molecule is Cc1cc(C(C)Nc2ccccc2C(=O)OC(C)(C)C)c2oc(-c3cn(C)c4ccccc34)c(C)c(=O)c2c1. The Morgan fingerprint density at radius 1 is 1.00 bits per heavy atom. The first kappa shape index (κ1) is 26.3. The molecule has 1 N–H and O–H groups in total. The maximum atomic E-state index is 13.7. The summed E-state index contributed by atoms with van der Waals surface area (Å²) in [4.78, 5) is 26.6. The van der Waals surface area contributed by atoms with Gasteiger partial charge in [-0.05, 0) is 71.4 Å². The number of fused-ring (bicyclic) bond motifs is 2. The number of benzene rings is 3. The highest BCUT2D eigenvalue weighted by molar-refractivity contribution is 5.97. The number of anilines is 1. The Bertz CT molecular complexity index is 1790. The summed E-state index contributed by atoms with van der Waals surface area (Å²) in [5, 5.41) is 5.04. The molecular weight excluding hydrogens is 488 g/mol. The maximum absolute atomic E-state index is 13.7. The van der Waals surface area contributed by atoms with E-state index in [4.69, 9.17) is 9.15 Å². The molecule has 0 radical (unpaired) electrons. The average molecular weight is 523 g/mol. The minimum absolute atomic E-state index is 0.0505. The quantitative estimate of drug-likeness (QED) is 0.240. The van der Waals surface area contributed by atoms with E-state index in [-0.39, 0.29) is 11.5 Å². The van der Waals surface area contributed by atoms with Gasteiger partial charge in [0.1, 0.15) is 16.9 Å². The highest BCUT2D eigenvalue weighted by Gasteiger charge is 2.23. The monoisotopic (exact) mass is 522 g/mol. The van der Waals surface area contributed by atoms with Crippen LogP contribution < -0.4 is 10.7 Å². The maximum Gasteiger partial charge on any atom is 0.340 e. The van der Waals surface area contributed by atoms with Gasteiger partial charge in [0, 0.05) is 46.5 Å². The number of rotatable bonds is 5. The fraction of sp³-hybridized carbons (Fsp3) is 0.273. The van der Waals surface area contributed by atoms with E-state index in [0.29, 0.717) is 33.5 Å². The van der Waals surface area contributed by atoms with Gasteiger partial charge >= 0.3 is 5.97 Å². The number of ether oxygens (including phenoxy) is 1. The molecule has 0 bridgehead atoms. The van der Waals surface area contributed by atoms with Gasteiger partial charge in [0.25, 0.3) is 0 Å². The summed E-state index contributed by atoms with van der Waals surface area (Å²) in [6.45, 7) is 11.3. The van der Waals surface area contributed by atoms with Gasteiger partial charge in [-0.2, -0.15) is 0 Å². The number of esters is 1. The van der Waals surface area contributed by atoms with Gasteiger partial charge in [-0.25, -0.2) is 4.79 Å². The third-order valence-corrected chi connectivity index (χ3v) is 6.92. The van der Waals surface area contributed by atoms with Crippen LogP contribution in [0.3, 0.4) is 0 Å². The van der Waals surface area contributed by atoms with E-state index in [1.807, 2.05) is 108 Å². The second-order valence-electron chi connectivity index (χ2n) is 11.2. The van der Waals surface area contributed by atoms with Gasteiger partial charge < -0.3 is 19.0 Å². The third-order valence-electron chi connectivity index (χ3n) is 6.92. The number of aryl methyl sites for hydroxylation is 2. The molecule has 2 aromatic heterocycles. The first-order valence-corrected chi connectivity index (χ1v) is 13.2. The van der Waals surface area contributed by atoms with Gasteiger partial charge in [0.05, 0.1) is 17.0 Å². The summed E-state index contributed by atoms with van der Waals surface area (Å²) in [7, 11) is 1.99. The van der Waals surface area contributed by atoms with Gasteiger partial charge in [0.2, 0.25) is 0 Å². The van der Waals surface area contributed by atoms with Gasteiger partial charge in [-0.15, -0.1) is 0 Å². The van der Waals surface area contributed by atoms with Crippen molar-refractivity contribution in [2.45, 2.75) is 53.2 Å². The van der Waals surface area contributed by atoms with Gasteiger partial charge in [-0.3, -0.25) is 4.79 Å². The van der Waals surface area contributed by atoms with Crippen LogP contribution in [0.25, 0.3) is 33.2 Å². The van der Waals surface area contributed by atoms with Crippen LogP contribution in [0.4, 0.5) is 5.69 Å². The number of hydrogen-bond donors (Lipinski definition) is 1. The zero-order chi connectivity index (χ0) is 28.1. The number of aromatic nitrogens is 1. The number of hydrogen-bond acceptors (Lipinski definition) is 5. The van der Waals surface area contributed by atoms with Crippen molar-refractivity contribution in [2.75, 3.05) is 5.32 Å². The minimum Gasteiger partial charge on any atom is -0.456 e. The van der Waals surface area contributed by atoms with Gasteiger partial charge in [-0.1, -0.05) is 36.4 Å². The van der Waals surface area contributed by atoms with Gasteiger partial charge in [0.15, 0.2) is 5.43 Å². The second-order valence-corrected chi connectivity index (χ2v) is 11.2. The predicted molar refractivity (Wildman–Crippen MR) is 158 cm³/mol. The lowest BCUT2D eigenvalue weighted by Gasteiger charge is -2.23. The number of para-hydroxylation sites is 2. The topological polar surface area (TPSA) is 73.5 Å². The zero-order valence-electron chi connectivity index (χ0n) is 23.5. The van der Waals surface area contributed by atoms with Crippen molar-refractivity contribution in [3.05, 3.63) is 99.3 Å². The highest BCUT2D eigenvalue weighted by atomic mass is 16.6. The van der Waals surface area contributed by atoms with Crippen LogP contribution in [-0.4, -0.2) is 16.1 Å². The van der Waals surface area contributed by atoms with Crippen LogP contribution in [0.1, 0.15) is 60.8 Å². The molecule has 5 aromatic rings. The van der Waals surface area contributed by atoms with E-state index >= 15 is 0 Å². The number of carbonyl (C=O) groups excluding carboxylic acids is 1. The first-order valence-electron chi connectivity index (χ1n) is 13.2. The number of nitrogens with one attached hydrogen (secondary N) is 1. The molecule has 5 rings (SSSR count). The molecular formula is C33H34N2O4. The van der Waals surface area contributed by atoms with E-state index in [9.17, 15) is 9.59 Å². The molecule has 0 saturated heterocycles. The molecule has 0 spiro atoms. The van der Waals surface area contributed by atoms with Crippen molar-refractivity contribution < 1.29 is 13.9 Å². The lowest BCUT2D eigenvalue weighted by atomic mass is 9.98. The third kappa shape index (κ3) is 4.94. The molecule has 0 aliphatic rings. The predicted octanol–water partition coefficient (Wildman–Crippen LogP) is 7.70. The fourth-order valence-electron chi connectivity index (χ4n) is 5.10. The molecule has 200 valence electrons. The van der Waals surface area contributed by atoms with E-state index in [0.717, 1.165) is 27.6 Å². The summed E-state index contributed by atoms with van der Waals surface area (Å²) in [5.74, 6) is 0.169. The van der Waals surface area contributed by atoms with E-state index in [2.05, 4.69) is 11.4 Å². The molecule has 0 aliphatic heterocycles. The number of nitrogens with zero attached hydrogens (tertiary/aromatic N) is 1. The van der Waals surface area contributed by atoms with Crippen LogP contribution in [0.15, 0.2) is 76.1 Å². The Hall–Kier alpha value is -4.32. The van der Waals surface area contributed by atoms with Crippen LogP contribution in [0.5, 0.6) is 0 Å². The Morgan fingerprint density at radius 3 is 2.44 bits per heavy atom. The summed E-state index contributed by atoms with van der Waals surface area (Å²) in [6, 6.07) is 19.0. The Morgan fingerprint density at radius 2 is 1.69 bits per heavy atom. The summed E-state index contributed by atoms with van der Waals surface area (Å²) in [5.41, 5.74) is 5.29. The summed E-state index contributed by atoms with van der Waals surface area (Å²) < 4.78 is 14.3. The van der Waals surface area contributed by atoms with E-state index in [1.165, 1.54) is 0 Å². The normalized spacial score (nSPS) is 12.6. The molecule has 0 amide bonds. The first-order chi connectivity index (χ1) is 18.4. The smallest absolute Gasteiger partial charge is 0.340 e. The van der Waals surface area contributed by atoms with Crippen LogP contribution in [-0.2, 0) is 11.8 Å². The lowest BCUT2D eigenvalue weighted by molar-refractivity contribution is 0.00706. The van der Waals surface area contributed by atoms with Crippen molar-refractivity contribution in [1.82, 2.24) is 4.57 Å². The van der Waals surface area contributed by atoms with Crippen molar-refractivity contribution in [3.8, 4) is 11.3 Å². The largest absolute Gasteiger partial charge is 0.456 e. The van der Waals surface area contributed by atoms with Crippen molar-refractivity contribution in [2.24, 2.45) is 7.05 Å². The van der Waals surface area contributed by atoms with Crippen LogP contribution in [0, 0.1) is 13.8 Å². The van der Waals surface area contributed by atoms with Crippen LogP contribution in [0.2, 0.25) is 0 Å². The second kappa shape index (κ2) is 9.77. The molecule has 2 heterocycles. The highest BCUT2D eigenvalue weighted by Crippen LogP contribution is 2.36. The van der Waals surface area contributed by atoms with E-state index in [1.54, 1.807) is 6.07 Å². The van der Waals surface area contributed by atoms with Crippen LogP contribution >= 0.6 is 0 Å². The molecule has 0 saturated carbocycles. The van der Waals surface area contributed by atoms with Crippen molar-refractivity contribution in [3.63, 3.8) is 0 Å². The molecule has 0 fully saturated rings. The summed E-state index contributed by atoms with van der Waals surface area (Å²) in [6.07, 6.45) is 2.01. The number of carbonyl (C=O) groups is 1. The Balaban J connectivity index is 1.64. The molecule has 39 heavy (non-hydrogen) atoms. The van der Waals surface area contributed by atoms with E-state index < -0.39 is 11.6 Å². The summed E-state index contributed by atoms with van der Waals surface area (Å²) >= 11 is 0. The Labute approximate surface area is 228 Å². The lowest BCUT2D eigenvalue weighted by Crippen LogP contribution is -2.24. The zero-order valence-corrected chi connectivity index (χ0v) is 23.5. The molecule has 0 aliphatic carbocycles. The fourth-order valence-corrected chi connectivity index (χ4v) is 5.10. The molecule has 3 aromatic carbocycles. The molecule has 6 heteroatoms. The molecule has 1 atom stereocenters. The standard InChI is InChI=1S/C33H34N2O4/c1-19-16-24(21(3)34-27-14-10-8-13-23(27)32(37)39-33(4,5)6)31-25(17-19)29(36)20(2)30(38-31)26-18-35(7)28-15-11-9-12-22(26)28/h8-18,21,34H,1-7H3. The van der Waals surface area contributed by atoms with Crippen molar-refractivity contribution >= 4 is 33.5 Å².